The number of hydrogen-bond donors (Lipinski definition) is 1. The van der Waals surface area contributed by atoms with E-state index < -0.39 is 0 Å². The minimum Gasteiger partial charge on any atom is -0.381 e. The van der Waals surface area contributed by atoms with Gasteiger partial charge in [0.15, 0.2) is 0 Å². The molecule has 2 nitrogen and oxygen atoms in total. The number of aromatic nitrogens is 1. The van der Waals surface area contributed by atoms with Crippen molar-refractivity contribution < 1.29 is 0 Å². The standard InChI is InChI=1S/C12H11ClN2/c13-10-5-6-11(15-8-3-4-8)12-9(10)2-1-7-14-12/h1-2,5-8,15H,3-4H2. The normalized spacial score (nSPS) is 15.5. The molecule has 0 spiro atoms. The van der Waals surface area contributed by atoms with Gasteiger partial charge in [0.2, 0.25) is 0 Å². The molecule has 1 saturated carbocycles. The van der Waals surface area contributed by atoms with Crippen molar-refractivity contribution in [2.24, 2.45) is 0 Å². The van der Waals surface area contributed by atoms with E-state index >= 15 is 0 Å². The fourth-order valence-corrected chi connectivity index (χ4v) is 1.92. The van der Waals surface area contributed by atoms with Gasteiger partial charge in [0.25, 0.3) is 0 Å². The maximum absolute atomic E-state index is 6.11. The Labute approximate surface area is 93.3 Å². The van der Waals surface area contributed by atoms with E-state index in [2.05, 4.69) is 10.3 Å². The van der Waals surface area contributed by atoms with Crippen molar-refractivity contribution in [3.8, 4) is 0 Å². The molecule has 3 rings (SSSR count). The van der Waals surface area contributed by atoms with Crippen LogP contribution in [0.15, 0.2) is 30.5 Å². The van der Waals surface area contributed by atoms with E-state index in [1.54, 1.807) is 6.20 Å². The molecule has 1 fully saturated rings. The maximum Gasteiger partial charge on any atom is 0.0948 e. The van der Waals surface area contributed by atoms with Gasteiger partial charge in [-0.25, -0.2) is 0 Å². The van der Waals surface area contributed by atoms with E-state index in [1.165, 1.54) is 12.8 Å². The van der Waals surface area contributed by atoms with Gasteiger partial charge in [0.1, 0.15) is 0 Å². The van der Waals surface area contributed by atoms with Crippen LogP contribution in [0.25, 0.3) is 10.9 Å². The van der Waals surface area contributed by atoms with Crippen molar-refractivity contribution in [2.45, 2.75) is 18.9 Å². The van der Waals surface area contributed by atoms with Crippen LogP contribution in [0.1, 0.15) is 12.8 Å². The molecule has 0 atom stereocenters. The molecule has 1 heterocycles. The van der Waals surface area contributed by atoms with Crippen LogP contribution in [0.4, 0.5) is 5.69 Å². The summed E-state index contributed by atoms with van der Waals surface area (Å²) < 4.78 is 0. The summed E-state index contributed by atoms with van der Waals surface area (Å²) in [6, 6.07) is 8.49. The largest absolute Gasteiger partial charge is 0.381 e. The van der Waals surface area contributed by atoms with Crippen molar-refractivity contribution in [3.63, 3.8) is 0 Å². The Kier molecular flexibility index (Phi) is 2.03. The summed E-state index contributed by atoms with van der Waals surface area (Å²) in [5.74, 6) is 0. The predicted molar refractivity (Wildman–Crippen MR) is 63.4 cm³/mol. The van der Waals surface area contributed by atoms with Gasteiger partial charge < -0.3 is 5.32 Å². The lowest BCUT2D eigenvalue weighted by Crippen LogP contribution is -2.01. The second-order valence-electron chi connectivity index (χ2n) is 3.91. The molecule has 0 unspecified atom stereocenters. The third-order valence-corrected chi connectivity index (χ3v) is 2.98. The molecule has 3 heteroatoms. The molecule has 0 saturated heterocycles. The Bertz CT molecular complexity index is 506. The Morgan fingerprint density at radius 2 is 2.13 bits per heavy atom. The average molecular weight is 219 g/mol. The lowest BCUT2D eigenvalue weighted by molar-refractivity contribution is 1.16. The van der Waals surface area contributed by atoms with Crippen LogP contribution in [-0.4, -0.2) is 11.0 Å². The molecule has 1 aliphatic rings. The first kappa shape index (κ1) is 8.98. The van der Waals surface area contributed by atoms with Crippen LogP contribution in [0, 0.1) is 0 Å². The number of fused-ring (bicyclic) bond motifs is 1. The van der Waals surface area contributed by atoms with Crippen LogP contribution in [0.2, 0.25) is 5.02 Å². The van der Waals surface area contributed by atoms with Gasteiger partial charge in [-0.2, -0.15) is 0 Å². The highest BCUT2D eigenvalue weighted by Gasteiger charge is 2.21. The molecule has 0 aliphatic heterocycles. The van der Waals surface area contributed by atoms with E-state index in [4.69, 9.17) is 11.6 Å². The molecule has 2 aromatic rings. The number of halogens is 1. The number of hydrogen-bond acceptors (Lipinski definition) is 2. The van der Waals surface area contributed by atoms with Crippen LogP contribution in [-0.2, 0) is 0 Å². The summed E-state index contributed by atoms with van der Waals surface area (Å²) >= 11 is 6.11. The number of anilines is 1. The first-order chi connectivity index (χ1) is 7.34. The van der Waals surface area contributed by atoms with Crippen LogP contribution in [0.5, 0.6) is 0 Å². The smallest absolute Gasteiger partial charge is 0.0948 e. The molecular weight excluding hydrogens is 208 g/mol. The highest BCUT2D eigenvalue weighted by atomic mass is 35.5. The number of nitrogens with zero attached hydrogens (tertiary/aromatic N) is 1. The topological polar surface area (TPSA) is 24.9 Å². The summed E-state index contributed by atoms with van der Waals surface area (Å²) in [4.78, 5) is 4.38. The monoisotopic (exact) mass is 218 g/mol. The molecule has 1 aliphatic carbocycles. The molecular formula is C12H11ClN2. The van der Waals surface area contributed by atoms with Gasteiger partial charge in [-0.15, -0.1) is 0 Å². The highest BCUT2D eigenvalue weighted by molar-refractivity contribution is 6.35. The van der Waals surface area contributed by atoms with E-state index in [9.17, 15) is 0 Å². The van der Waals surface area contributed by atoms with Crippen LogP contribution in [0.3, 0.4) is 0 Å². The van der Waals surface area contributed by atoms with E-state index in [1.807, 2.05) is 24.3 Å². The minimum absolute atomic E-state index is 0.636. The molecule has 0 radical (unpaired) electrons. The Hall–Kier alpha value is -1.28. The summed E-state index contributed by atoms with van der Waals surface area (Å²) in [5.41, 5.74) is 2.06. The lowest BCUT2D eigenvalue weighted by atomic mass is 10.2. The van der Waals surface area contributed by atoms with Gasteiger partial charge in [0.05, 0.1) is 16.2 Å². The van der Waals surface area contributed by atoms with Crippen LogP contribution >= 0.6 is 11.6 Å². The molecule has 76 valence electrons. The summed E-state index contributed by atoms with van der Waals surface area (Å²) in [5, 5.41) is 5.25. The van der Waals surface area contributed by atoms with Crippen molar-refractivity contribution in [1.29, 1.82) is 0 Å². The minimum atomic E-state index is 0.636. The van der Waals surface area contributed by atoms with Crippen molar-refractivity contribution in [2.75, 3.05) is 5.32 Å². The van der Waals surface area contributed by atoms with E-state index in [0.717, 1.165) is 21.6 Å². The lowest BCUT2D eigenvalue weighted by Gasteiger charge is -2.08. The Balaban J connectivity index is 2.16. The first-order valence-electron chi connectivity index (χ1n) is 5.14. The van der Waals surface area contributed by atoms with Gasteiger partial charge in [-0.1, -0.05) is 11.6 Å². The Morgan fingerprint density at radius 3 is 2.93 bits per heavy atom. The second-order valence-corrected chi connectivity index (χ2v) is 4.32. The third-order valence-electron chi connectivity index (χ3n) is 2.65. The number of rotatable bonds is 2. The zero-order valence-electron chi connectivity index (χ0n) is 8.20. The van der Waals surface area contributed by atoms with Crippen molar-refractivity contribution in [1.82, 2.24) is 4.98 Å². The zero-order chi connectivity index (χ0) is 10.3. The molecule has 0 amide bonds. The quantitative estimate of drug-likeness (QED) is 0.835. The van der Waals surface area contributed by atoms with Gasteiger partial charge >= 0.3 is 0 Å². The number of nitrogens with one attached hydrogen (secondary N) is 1. The third kappa shape index (κ3) is 1.65. The Morgan fingerprint density at radius 1 is 1.27 bits per heavy atom. The van der Waals surface area contributed by atoms with Crippen LogP contribution < -0.4 is 5.32 Å². The summed E-state index contributed by atoms with van der Waals surface area (Å²) in [6.45, 7) is 0. The molecule has 1 aromatic carbocycles. The first-order valence-corrected chi connectivity index (χ1v) is 5.52. The van der Waals surface area contributed by atoms with E-state index in [-0.39, 0.29) is 0 Å². The van der Waals surface area contributed by atoms with Crippen molar-refractivity contribution >= 4 is 28.2 Å². The van der Waals surface area contributed by atoms with Gasteiger partial charge in [0, 0.05) is 17.6 Å². The highest BCUT2D eigenvalue weighted by Crippen LogP contribution is 2.31. The maximum atomic E-state index is 6.11. The molecule has 0 bridgehead atoms. The predicted octanol–water partition coefficient (Wildman–Crippen LogP) is 3.46. The fourth-order valence-electron chi connectivity index (χ4n) is 1.70. The molecule has 15 heavy (non-hydrogen) atoms. The number of pyridine rings is 1. The average Bonchev–Trinajstić information content (AvgIpc) is 3.07. The zero-order valence-corrected chi connectivity index (χ0v) is 8.96. The summed E-state index contributed by atoms with van der Waals surface area (Å²) in [7, 11) is 0. The SMILES string of the molecule is Clc1ccc(NC2CC2)c2ncccc12. The van der Waals surface area contributed by atoms with Crippen molar-refractivity contribution in [3.05, 3.63) is 35.5 Å². The molecule has 1 N–H and O–H groups in total. The number of benzene rings is 1. The summed E-state index contributed by atoms with van der Waals surface area (Å²) in [6.07, 6.45) is 4.32. The molecule has 1 aromatic heterocycles. The van der Waals surface area contributed by atoms with Gasteiger partial charge in [-0.05, 0) is 37.1 Å². The fraction of sp³-hybridized carbons (Fsp3) is 0.250. The second kappa shape index (κ2) is 3.38. The van der Waals surface area contributed by atoms with Gasteiger partial charge in [-0.3, -0.25) is 4.98 Å². The van der Waals surface area contributed by atoms with E-state index in [0.29, 0.717) is 6.04 Å².